The van der Waals surface area contributed by atoms with Crippen molar-refractivity contribution in [1.82, 2.24) is 19.7 Å². The molecule has 9 nitrogen and oxygen atoms in total. The highest BCUT2D eigenvalue weighted by Gasteiger charge is 2.44. The first-order valence-electron chi connectivity index (χ1n) is 6.87. The normalized spacial score (nSPS) is 27.0. The highest BCUT2D eigenvalue weighted by Crippen LogP contribution is 2.32. The van der Waals surface area contributed by atoms with E-state index in [1.807, 2.05) is 6.26 Å². The summed E-state index contributed by atoms with van der Waals surface area (Å²) < 4.78 is 7.10. The zero-order valence-corrected chi connectivity index (χ0v) is 14.9. The van der Waals surface area contributed by atoms with E-state index in [-0.39, 0.29) is 15.3 Å². The Kier molecular flexibility index (Phi) is 4.88. The Bertz CT molecular complexity index is 853. The van der Waals surface area contributed by atoms with E-state index in [0.29, 0.717) is 16.2 Å². The molecule has 3 rings (SSSR count). The molecule has 1 aliphatic rings. The van der Waals surface area contributed by atoms with Gasteiger partial charge < -0.3 is 30.8 Å². The third-order valence-corrected chi connectivity index (χ3v) is 4.81. The molecule has 0 spiro atoms. The lowest BCUT2D eigenvalue weighted by Gasteiger charge is -2.16. The van der Waals surface area contributed by atoms with Gasteiger partial charge in [-0.3, -0.25) is 0 Å². The predicted octanol–water partition coefficient (Wildman–Crippen LogP) is -0.544. The highest BCUT2D eigenvalue weighted by atomic mass is 32.2. The van der Waals surface area contributed by atoms with Crippen molar-refractivity contribution < 1.29 is 20.1 Å². The van der Waals surface area contributed by atoms with Gasteiger partial charge in [-0.15, -0.1) is 0 Å². The molecule has 4 atom stereocenters. The van der Waals surface area contributed by atoms with Crippen molar-refractivity contribution in [2.24, 2.45) is 5.73 Å². The van der Waals surface area contributed by atoms with Gasteiger partial charge in [-0.25, -0.2) is 9.67 Å². The number of thioether (sulfide) groups is 1. The molecular weight excluding hydrogens is 374 g/mol. The molecule has 1 aliphatic heterocycles. The number of aliphatic hydroxyl groups is 3. The lowest BCUT2D eigenvalue weighted by Crippen LogP contribution is -2.33. The zero-order valence-electron chi connectivity index (χ0n) is 12.4. The minimum Gasteiger partial charge on any atom is -0.394 e. The number of nitrogens with one attached hydrogen (secondary N) is 1. The summed E-state index contributed by atoms with van der Waals surface area (Å²) in [6.45, 7) is -0.441. The van der Waals surface area contributed by atoms with Crippen molar-refractivity contribution in [2.75, 3.05) is 12.9 Å². The Morgan fingerprint density at radius 2 is 2.17 bits per heavy atom. The number of thiocarbonyl (C=S) groups is 1. The maximum absolute atomic E-state index is 10.2. The topological polar surface area (TPSA) is 142 Å². The van der Waals surface area contributed by atoms with Gasteiger partial charge in [-0.05, 0) is 6.26 Å². The van der Waals surface area contributed by atoms with Gasteiger partial charge in [0.05, 0.1) is 12.0 Å². The van der Waals surface area contributed by atoms with Crippen LogP contribution in [0.2, 0.25) is 0 Å². The summed E-state index contributed by atoms with van der Waals surface area (Å²) >= 11 is 11.7. The lowest BCUT2D eigenvalue weighted by atomic mass is 10.1. The number of H-pyrrole nitrogens is 1. The number of hydrogen-bond donors (Lipinski definition) is 5. The summed E-state index contributed by atoms with van der Waals surface area (Å²) in [7, 11) is 0. The molecule has 12 heteroatoms. The molecule has 1 fully saturated rings. The van der Waals surface area contributed by atoms with E-state index in [0.717, 1.165) is 0 Å². The number of ether oxygens (including phenoxy) is 1. The Morgan fingerprint density at radius 3 is 2.71 bits per heavy atom. The van der Waals surface area contributed by atoms with Crippen molar-refractivity contribution in [3.05, 3.63) is 10.3 Å². The quantitative estimate of drug-likeness (QED) is 0.263. The average molecular weight is 389 g/mol. The van der Waals surface area contributed by atoms with Crippen LogP contribution >= 0.6 is 36.2 Å². The minimum atomic E-state index is -1.29. The van der Waals surface area contributed by atoms with Gasteiger partial charge in [0.25, 0.3) is 0 Å². The second-order valence-electron chi connectivity index (χ2n) is 5.16. The van der Waals surface area contributed by atoms with Gasteiger partial charge in [0, 0.05) is 0 Å². The second kappa shape index (κ2) is 6.63. The molecule has 6 N–H and O–H groups in total. The maximum Gasteiger partial charge on any atom is 0.181 e. The fourth-order valence-corrected chi connectivity index (χ4v) is 3.44. The zero-order chi connectivity index (χ0) is 17.6. The fourth-order valence-electron chi connectivity index (χ4n) is 2.57. The summed E-state index contributed by atoms with van der Waals surface area (Å²) in [6.07, 6.45) is -2.69. The molecule has 130 valence electrons. The smallest absolute Gasteiger partial charge is 0.181 e. The number of fused-ring (bicyclic) bond motifs is 1. The Hall–Kier alpha value is -1.15. The lowest BCUT2D eigenvalue weighted by molar-refractivity contribution is -0.0567. The number of aliphatic hydroxyl groups excluding tert-OH is 3. The van der Waals surface area contributed by atoms with Gasteiger partial charge >= 0.3 is 0 Å². The first-order chi connectivity index (χ1) is 11.4. The van der Waals surface area contributed by atoms with Crippen LogP contribution in [0.15, 0.2) is 5.16 Å². The monoisotopic (exact) mass is 389 g/mol. The molecule has 24 heavy (non-hydrogen) atoms. The van der Waals surface area contributed by atoms with Crippen LogP contribution in [0.5, 0.6) is 0 Å². The van der Waals surface area contributed by atoms with Crippen molar-refractivity contribution in [2.45, 2.75) is 29.7 Å². The molecule has 0 amide bonds. The summed E-state index contributed by atoms with van der Waals surface area (Å²) in [5.74, 6) is 0. The summed E-state index contributed by atoms with van der Waals surface area (Å²) in [4.78, 5) is 7.29. The minimum absolute atomic E-state index is 0.0173. The number of nitrogens with zero attached hydrogens (tertiary/aromatic N) is 3. The first-order valence-corrected chi connectivity index (χ1v) is 8.92. The summed E-state index contributed by atoms with van der Waals surface area (Å²) in [5.41, 5.74) is 6.38. The van der Waals surface area contributed by atoms with E-state index in [1.165, 1.54) is 16.4 Å². The SMILES string of the molecule is CSc1nc(=S)c2c(C(N)=S)nn([C@@H]3O[C@H](CO)[C@@H](O)[C@H]3O)c2[nH]1. The van der Waals surface area contributed by atoms with Crippen LogP contribution < -0.4 is 5.73 Å². The van der Waals surface area contributed by atoms with E-state index in [9.17, 15) is 15.3 Å². The standard InChI is InChI=1S/C12H15N5O4S3/c1-24-12-14-9-4(10(23)15-12)5(8(13)22)16-17(9)11-7(20)6(19)3(2-18)21-11/h3,6-7,11,18-20H,2H2,1H3,(H2,13,22)(H,14,15,23)/t3-,6-,7-,11-/m1/s1. The molecule has 2 aromatic heterocycles. The number of rotatable bonds is 4. The van der Waals surface area contributed by atoms with E-state index in [4.69, 9.17) is 34.9 Å². The molecule has 0 aromatic carbocycles. The molecule has 0 unspecified atom stereocenters. The number of nitrogens with two attached hydrogens (primary N) is 1. The fraction of sp³-hybridized carbons (Fsp3) is 0.500. The van der Waals surface area contributed by atoms with E-state index in [2.05, 4.69) is 15.1 Å². The molecule has 0 aliphatic carbocycles. The molecule has 0 saturated carbocycles. The van der Waals surface area contributed by atoms with Gasteiger partial charge in [-0.2, -0.15) is 5.10 Å². The highest BCUT2D eigenvalue weighted by molar-refractivity contribution is 7.98. The second-order valence-corrected chi connectivity index (χ2v) is 6.78. The summed E-state index contributed by atoms with van der Waals surface area (Å²) in [6, 6.07) is 0. The third-order valence-electron chi connectivity index (χ3n) is 3.74. The van der Waals surface area contributed by atoms with Crippen molar-refractivity contribution in [3.63, 3.8) is 0 Å². The Labute approximate surface area is 150 Å². The predicted molar refractivity (Wildman–Crippen MR) is 93.4 cm³/mol. The number of aromatic nitrogens is 4. The molecule has 0 radical (unpaired) electrons. The number of hydrogen-bond acceptors (Lipinski definition) is 9. The molecule has 3 heterocycles. The average Bonchev–Trinajstić information content (AvgIpc) is 3.07. The van der Waals surface area contributed by atoms with Crippen LogP contribution in [0.1, 0.15) is 11.9 Å². The van der Waals surface area contributed by atoms with Crippen LogP contribution in [0.25, 0.3) is 11.0 Å². The Balaban J connectivity index is 2.23. The molecule has 1 saturated heterocycles. The third kappa shape index (κ3) is 2.73. The van der Waals surface area contributed by atoms with Gasteiger partial charge in [0.2, 0.25) is 0 Å². The van der Waals surface area contributed by atoms with Crippen LogP contribution in [0, 0.1) is 4.64 Å². The van der Waals surface area contributed by atoms with Gasteiger partial charge in [0.1, 0.15) is 39.3 Å². The van der Waals surface area contributed by atoms with Gasteiger partial charge in [-0.1, -0.05) is 36.2 Å². The van der Waals surface area contributed by atoms with Crippen LogP contribution in [-0.2, 0) is 4.74 Å². The maximum atomic E-state index is 10.2. The van der Waals surface area contributed by atoms with Crippen molar-refractivity contribution in [3.8, 4) is 0 Å². The van der Waals surface area contributed by atoms with Crippen LogP contribution in [-0.4, -0.2) is 71.2 Å². The van der Waals surface area contributed by atoms with Crippen molar-refractivity contribution >= 4 is 52.2 Å². The van der Waals surface area contributed by atoms with E-state index >= 15 is 0 Å². The molecule has 0 bridgehead atoms. The van der Waals surface area contributed by atoms with Crippen LogP contribution in [0.3, 0.4) is 0 Å². The van der Waals surface area contributed by atoms with E-state index in [1.54, 1.807) is 0 Å². The summed E-state index contributed by atoms with van der Waals surface area (Å²) in [5, 5.41) is 34.7. The first kappa shape index (κ1) is 17.7. The number of aromatic amines is 1. The van der Waals surface area contributed by atoms with Crippen molar-refractivity contribution in [1.29, 1.82) is 0 Å². The van der Waals surface area contributed by atoms with E-state index < -0.39 is 31.1 Å². The largest absolute Gasteiger partial charge is 0.394 e. The molecule has 2 aromatic rings. The van der Waals surface area contributed by atoms with Crippen LogP contribution in [0.4, 0.5) is 0 Å². The Morgan fingerprint density at radius 1 is 1.46 bits per heavy atom. The van der Waals surface area contributed by atoms with Gasteiger partial charge in [0.15, 0.2) is 11.4 Å². The molecular formula is C12H15N5O4S3.